The van der Waals surface area contributed by atoms with Gasteiger partial charge in [-0.15, -0.1) is 11.3 Å². The summed E-state index contributed by atoms with van der Waals surface area (Å²) in [5, 5.41) is 0.708. The van der Waals surface area contributed by atoms with Crippen LogP contribution < -0.4 is 4.74 Å². The molecular weight excluding hydrogens is 450 g/mol. The number of aryl methyl sites for hydroxylation is 1. The Balaban J connectivity index is 1.45. The Hall–Kier alpha value is -3.12. The predicted molar refractivity (Wildman–Crippen MR) is 118 cm³/mol. The minimum Gasteiger partial charge on any atom is -0.480 e. The number of ether oxygens (including phenoxy) is 2. The molecule has 11 nitrogen and oxygen atoms in total. The lowest BCUT2D eigenvalue weighted by Gasteiger charge is -2.35. The second-order valence-electron chi connectivity index (χ2n) is 7.87. The number of likely N-dealkylation sites (tertiary alicyclic amines) is 1. The number of carbonyl (C=O) groups is 4. The maximum atomic E-state index is 13.3. The molecule has 0 spiro atoms. The molecule has 2 aromatic rings. The van der Waals surface area contributed by atoms with Gasteiger partial charge >= 0.3 is 0 Å². The summed E-state index contributed by atoms with van der Waals surface area (Å²) in [6.07, 6.45) is 0.316. The van der Waals surface area contributed by atoms with E-state index in [1.807, 2.05) is 6.92 Å². The molecule has 0 bridgehead atoms. The van der Waals surface area contributed by atoms with Crippen molar-refractivity contribution >= 4 is 45.2 Å². The maximum absolute atomic E-state index is 13.3. The van der Waals surface area contributed by atoms with E-state index in [0.29, 0.717) is 53.0 Å². The van der Waals surface area contributed by atoms with Crippen LogP contribution in [0.15, 0.2) is 0 Å². The van der Waals surface area contributed by atoms with Crippen LogP contribution in [0.25, 0.3) is 10.2 Å². The van der Waals surface area contributed by atoms with E-state index in [9.17, 15) is 19.2 Å². The molecule has 2 aromatic heterocycles. The minimum absolute atomic E-state index is 0.136. The Morgan fingerprint density at radius 2 is 1.64 bits per heavy atom. The van der Waals surface area contributed by atoms with Gasteiger partial charge in [-0.25, -0.2) is 4.98 Å². The number of piperazine rings is 1. The normalized spacial score (nSPS) is 16.8. The molecule has 0 saturated carbocycles. The van der Waals surface area contributed by atoms with Crippen molar-refractivity contribution in [3.63, 3.8) is 0 Å². The van der Waals surface area contributed by atoms with Gasteiger partial charge < -0.3 is 19.3 Å². The van der Waals surface area contributed by atoms with Gasteiger partial charge in [0, 0.05) is 46.1 Å². The molecule has 0 aliphatic carbocycles. The Bertz CT molecular complexity index is 1110. The minimum atomic E-state index is -0.311. The number of nitrogens with zero attached hydrogens (tertiary/aromatic N) is 5. The highest BCUT2D eigenvalue weighted by atomic mass is 32.1. The van der Waals surface area contributed by atoms with Gasteiger partial charge in [-0.1, -0.05) is 0 Å². The first-order chi connectivity index (χ1) is 15.8. The number of rotatable bonds is 6. The molecule has 4 heterocycles. The average Bonchev–Trinajstić information content (AvgIpc) is 3.32. The van der Waals surface area contributed by atoms with Gasteiger partial charge in [-0.05, 0) is 12.5 Å². The monoisotopic (exact) mass is 475 g/mol. The average molecular weight is 476 g/mol. The van der Waals surface area contributed by atoms with Crippen LogP contribution in [0.5, 0.6) is 5.88 Å². The molecule has 176 valence electrons. The molecule has 2 saturated heterocycles. The number of hydrogen-bond donors (Lipinski definition) is 0. The number of amides is 4. The maximum Gasteiger partial charge on any atom is 0.264 e. The summed E-state index contributed by atoms with van der Waals surface area (Å²) in [5.74, 6) is -0.160. The van der Waals surface area contributed by atoms with Gasteiger partial charge in [-0.3, -0.25) is 24.1 Å². The van der Waals surface area contributed by atoms with E-state index in [0.717, 1.165) is 10.5 Å². The van der Waals surface area contributed by atoms with Crippen molar-refractivity contribution in [2.24, 2.45) is 0 Å². The third-order valence-corrected chi connectivity index (χ3v) is 7.01. The van der Waals surface area contributed by atoms with Gasteiger partial charge in [0.1, 0.15) is 18.0 Å². The molecule has 0 unspecified atom stereocenters. The van der Waals surface area contributed by atoms with E-state index in [2.05, 4.69) is 9.97 Å². The number of methoxy groups -OCH3 is 2. The largest absolute Gasteiger partial charge is 0.480 e. The highest BCUT2D eigenvalue weighted by Gasteiger charge is 2.33. The zero-order chi connectivity index (χ0) is 23.7. The first kappa shape index (κ1) is 23.1. The SMILES string of the molecule is COCc1nc(OC)c2c(C)c(C(=O)N3CCN(C(=O)CN4C(=O)CCC4=O)CC3)sc2n1. The molecule has 0 radical (unpaired) electrons. The number of aromatic nitrogens is 2. The number of imide groups is 1. The van der Waals surface area contributed by atoms with Gasteiger partial charge in [0.05, 0.1) is 17.4 Å². The molecule has 12 heteroatoms. The molecule has 2 aliphatic heterocycles. The lowest BCUT2D eigenvalue weighted by molar-refractivity contribution is -0.146. The summed E-state index contributed by atoms with van der Waals surface area (Å²) >= 11 is 1.28. The zero-order valence-corrected chi connectivity index (χ0v) is 19.6. The van der Waals surface area contributed by atoms with Crippen LogP contribution in [0, 0.1) is 6.92 Å². The van der Waals surface area contributed by atoms with Gasteiger partial charge in [0.25, 0.3) is 5.91 Å². The van der Waals surface area contributed by atoms with Crippen LogP contribution in [0.3, 0.4) is 0 Å². The van der Waals surface area contributed by atoms with Crippen LogP contribution >= 0.6 is 11.3 Å². The summed E-state index contributed by atoms with van der Waals surface area (Å²) < 4.78 is 10.5. The van der Waals surface area contributed by atoms with Crippen molar-refractivity contribution in [3.05, 3.63) is 16.3 Å². The number of thiophene rings is 1. The van der Waals surface area contributed by atoms with Crippen LogP contribution in [0.1, 0.15) is 33.9 Å². The molecular formula is C21H25N5O6S. The van der Waals surface area contributed by atoms with Gasteiger partial charge in [0.2, 0.25) is 23.6 Å². The van der Waals surface area contributed by atoms with E-state index >= 15 is 0 Å². The lowest BCUT2D eigenvalue weighted by atomic mass is 10.2. The van der Waals surface area contributed by atoms with E-state index < -0.39 is 0 Å². The second kappa shape index (κ2) is 9.40. The van der Waals surface area contributed by atoms with Crippen molar-refractivity contribution in [1.82, 2.24) is 24.7 Å². The van der Waals surface area contributed by atoms with Crippen LogP contribution in [-0.2, 0) is 25.7 Å². The Labute approximate surface area is 194 Å². The first-order valence-electron chi connectivity index (χ1n) is 10.6. The van der Waals surface area contributed by atoms with E-state index in [4.69, 9.17) is 9.47 Å². The topological polar surface area (TPSA) is 122 Å². The van der Waals surface area contributed by atoms with E-state index in [1.165, 1.54) is 18.4 Å². The summed E-state index contributed by atoms with van der Waals surface area (Å²) in [4.78, 5) is 63.7. The van der Waals surface area contributed by atoms with Crippen LogP contribution in [0.4, 0.5) is 0 Å². The fourth-order valence-electron chi connectivity index (χ4n) is 4.03. The van der Waals surface area contributed by atoms with Crippen molar-refractivity contribution in [1.29, 1.82) is 0 Å². The van der Waals surface area contributed by atoms with E-state index in [-0.39, 0.29) is 49.6 Å². The molecule has 2 aliphatic rings. The lowest BCUT2D eigenvalue weighted by Crippen LogP contribution is -2.53. The summed E-state index contributed by atoms with van der Waals surface area (Å²) in [6, 6.07) is 0. The van der Waals surface area contributed by atoms with Crippen LogP contribution in [-0.4, -0.2) is 95.2 Å². The molecule has 33 heavy (non-hydrogen) atoms. The molecule has 0 aromatic carbocycles. The molecule has 0 N–H and O–H groups in total. The predicted octanol–water partition coefficient (Wildman–Crippen LogP) is 0.588. The smallest absolute Gasteiger partial charge is 0.264 e. The number of fused-ring (bicyclic) bond motifs is 1. The highest BCUT2D eigenvalue weighted by molar-refractivity contribution is 7.20. The Kier molecular flexibility index (Phi) is 6.56. The number of hydrogen-bond acceptors (Lipinski definition) is 9. The fraction of sp³-hybridized carbons (Fsp3) is 0.524. The third kappa shape index (κ3) is 4.40. The van der Waals surface area contributed by atoms with E-state index in [1.54, 1.807) is 16.9 Å². The van der Waals surface area contributed by atoms with Crippen molar-refractivity contribution < 1.29 is 28.7 Å². The number of carbonyl (C=O) groups excluding carboxylic acids is 4. The highest BCUT2D eigenvalue weighted by Crippen LogP contribution is 2.35. The van der Waals surface area contributed by atoms with Crippen molar-refractivity contribution in [2.45, 2.75) is 26.4 Å². The third-order valence-electron chi connectivity index (χ3n) is 5.83. The van der Waals surface area contributed by atoms with Crippen molar-refractivity contribution in [2.75, 3.05) is 46.9 Å². The molecule has 2 fully saturated rings. The zero-order valence-electron chi connectivity index (χ0n) is 18.8. The summed E-state index contributed by atoms with van der Waals surface area (Å²) in [7, 11) is 3.08. The molecule has 4 amide bonds. The summed E-state index contributed by atoms with van der Waals surface area (Å²) in [5.41, 5.74) is 0.755. The first-order valence-corrected chi connectivity index (χ1v) is 11.4. The molecule has 0 atom stereocenters. The summed E-state index contributed by atoms with van der Waals surface area (Å²) in [6.45, 7) is 3.24. The standard InChI is InChI=1S/C21H25N5O6S/c1-12-17-19(32-3)22-13(11-31-2)23-20(17)33-18(12)21(30)25-8-6-24(7-9-25)16(29)10-26-14(27)4-5-15(26)28/h4-11H2,1-3H3. The Morgan fingerprint density at radius 3 is 2.24 bits per heavy atom. The molecule has 4 rings (SSSR count). The second-order valence-corrected chi connectivity index (χ2v) is 8.86. The quantitative estimate of drug-likeness (QED) is 0.557. The van der Waals surface area contributed by atoms with Crippen molar-refractivity contribution in [3.8, 4) is 5.88 Å². The Morgan fingerprint density at radius 1 is 1.00 bits per heavy atom. The van der Waals surface area contributed by atoms with Gasteiger partial charge in [0.15, 0.2) is 5.82 Å². The fourth-order valence-corrected chi connectivity index (χ4v) is 5.18. The van der Waals surface area contributed by atoms with Crippen LogP contribution in [0.2, 0.25) is 0 Å². The van der Waals surface area contributed by atoms with Gasteiger partial charge in [-0.2, -0.15) is 4.98 Å².